The Morgan fingerprint density at radius 2 is 1.83 bits per heavy atom. The molecule has 0 amide bonds. The summed E-state index contributed by atoms with van der Waals surface area (Å²) in [5.74, 6) is -3.78. The van der Waals surface area contributed by atoms with Crippen LogP contribution in [-0.2, 0) is 9.53 Å². The van der Waals surface area contributed by atoms with Crippen LogP contribution in [0.15, 0.2) is 48.5 Å². The SMILES string of the molecule is COC(=O)CC(c1ccccc1)C(C#N)c1ccc(F)c(F)c1. The summed E-state index contributed by atoms with van der Waals surface area (Å²) in [7, 11) is 1.27. The molecule has 0 aromatic heterocycles. The number of nitriles is 1. The molecule has 23 heavy (non-hydrogen) atoms. The standard InChI is InChI=1S/C18H15F2NO2/c1-23-18(22)10-14(12-5-3-2-4-6-12)15(11-21)13-7-8-16(19)17(20)9-13/h2-9,14-15H,10H2,1H3. The molecule has 0 spiro atoms. The number of methoxy groups -OCH3 is 1. The van der Waals surface area contributed by atoms with Crippen LogP contribution < -0.4 is 0 Å². The summed E-state index contributed by atoms with van der Waals surface area (Å²) in [4.78, 5) is 11.7. The van der Waals surface area contributed by atoms with E-state index in [9.17, 15) is 18.8 Å². The first-order chi connectivity index (χ1) is 11.1. The van der Waals surface area contributed by atoms with Crippen LogP contribution in [0.3, 0.4) is 0 Å². The van der Waals surface area contributed by atoms with E-state index in [1.54, 1.807) is 24.3 Å². The summed E-state index contributed by atoms with van der Waals surface area (Å²) >= 11 is 0. The van der Waals surface area contributed by atoms with Gasteiger partial charge >= 0.3 is 5.97 Å². The molecular formula is C18H15F2NO2. The van der Waals surface area contributed by atoms with E-state index in [2.05, 4.69) is 6.07 Å². The number of hydrogen-bond donors (Lipinski definition) is 0. The zero-order valence-electron chi connectivity index (χ0n) is 12.5. The Labute approximate surface area is 133 Å². The number of rotatable bonds is 5. The van der Waals surface area contributed by atoms with Crippen molar-refractivity contribution in [3.63, 3.8) is 0 Å². The van der Waals surface area contributed by atoms with E-state index >= 15 is 0 Å². The molecule has 2 aromatic rings. The van der Waals surface area contributed by atoms with Crippen molar-refractivity contribution in [2.75, 3.05) is 7.11 Å². The van der Waals surface area contributed by atoms with E-state index < -0.39 is 29.4 Å². The van der Waals surface area contributed by atoms with Gasteiger partial charge in [-0.15, -0.1) is 0 Å². The first-order valence-electron chi connectivity index (χ1n) is 7.03. The molecule has 2 atom stereocenters. The maximum atomic E-state index is 13.5. The normalized spacial score (nSPS) is 13.0. The molecule has 0 saturated carbocycles. The summed E-state index contributed by atoms with van der Waals surface area (Å²) in [6, 6.07) is 14.4. The highest BCUT2D eigenvalue weighted by Gasteiger charge is 2.28. The second-order valence-electron chi connectivity index (χ2n) is 5.08. The van der Waals surface area contributed by atoms with Crippen LogP contribution in [0.5, 0.6) is 0 Å². The van der Waals surface area contributed by atoms with Crippen molar-refractivity contribution < 1.29 is 18.3 Å². The van der Waals surface area contributed by atoms with E-state index in [1.165, 1.54) is 13.2 Å². The Kier molecular flexibility index (Phi) is 5.42. The smallest absolute Gasteiger partial charge is 0.306 e. The van der Waals surface area contributed by atoms with Crippen LogP contribution in [0.4, 0.5) is 8.78 Å². The first-order valence-corrected chi connectivity index (χ1v) is 7.03. The second-order valence-corrected chi connectivity index (χ2v) is 5.08. The molecule has 2 rings (SSSR count). The van der Waals surface area contributed by atoms with Gasteiger partial charge in [0.25, 0.3) is 0 Å². The number of hydrogen-bond acceptors (Lipinski definition) is 3. The highest BCUT2D eigenvalue weighted by atomic mass is 19.2. The molecule has 118 valence electrons. The number of carbonyl (C=O) groups excluding carboxylic acids is 1. The third-order valence-electron chi connectivity index (χ3n) is 3.69. The summed E-state index contributed by atoms with van der Waals surface area (Å²) < 4.78 is 31.3. The topological polar surface area (TPSA) is 50.1 Å². The predicted octanol–water partition coefficient (Wildman–Crippen LogP) is 3.92. The zero-order valence-corrected chi connectivity index (χ0v) is 12.5. The van der Waals surface area contributed by atoms with E-state index in [-0.39, 0.29) is 6.42 Å². The maximum Gasteiger partial charge on any atom is 0.306 e. The third kappa shape index (κ3) is 3.92. The second kappa shape index (κ2) is 7.50. The monoisotopic (exact) mass is 315 g/mol. The number of halogens is 2. The fraction of sp³-hybridized carbons (Fsp3) is 0.222. The molecule has 2 aromatic carbocycles. The molecule has 0 aliphatic heterocycles. The molecule has 0 fully saturated rings. The van der Waals surface area contributed by atoms with Crippen molar-refractivity contribution >= 4 is 5.97 Å². The van der Waals surface area contributed by atoms with Crippen molar-refractivity contribution in [1.29, 1.82) is 5.26 Å². The van der Waals surface area contributed by atoms with Crippen molar-refractivity contribution in [3.05, 3.63) is 71.3 Å². The Morgan fingerprint density at radius 1 is 1.13 bits per heavy atom. The minimum Gasteiger partial charge on any atom is -0.469 e. The molecule has 3 nitrogen and oxygen atoms in total. The number of ether oxygens (including phenoxy) is 1. The Hall–Kier alpha value is -2.74. The van der Waals surface area contributed by atoms with Crippen molar-refractivity contribution in [1.82, 2.24) is 0 Å². The molecule has 0 aliphatic rings. The number of benzene rings is 2. The Balaban J connectivity index is 2.44. The molecule has 0 aliphatic carbocycles. The van der Waals surface area contributed by atoms with Crippen molar-refractivity contribution in [3.8, 4) is 6.07 Å². The molecule has 5 heteroatoms. The quantitative estimate of drug-likeness (QED) is 0.786. The van der Waals surface area contributed by atoms with Crippen LogP contribution in [0.2, 0.25) is 0 Å². The minimum absolute atomic E-state index is 0.0300. The zero-order chi connectivity index (χ0) is 16.8. The lowest BCUT2D eigenvalue weighted by Crippen LogP contribution is -2.16. The average Bonchev–Trinajstić information content (AvgIpc) is 2.58. The maximum absolute atomic E-state index is 13.5. The summed E-state index contributed by atoms with van der Waals surface area (Å²) in [5.41, 5.74) is 1.08. The van der Waals surface area contributed by atoms with Crippen LogP contribution >= 0.6 is 0 Å². The van der Waals surface area contributed by atoms with Gasteiger partial charge in [-0.2, -0.15) is 5.26 Å². The van der Waals surface area contributed by atoms with Crippen LogP contribution in [-0.4, -0.2) is 13.1 Å². The van der Waals surface area contributed by atoms with E-state index in [1.807, 2.05) is 6.07 Å². The van der Waals surface area contributed by atoms with E-state index in [0.29, 0.717) is 5.56 Å². The van der Waals surface area contributed by atoms with Gasteiger partial charge in [0.1, 0.15) is 0 Å². The van der Waals surface area contributed by atoms with E-state index in [4.69, 9.17) is 4.74 Å². The largest absolute Gasteiger partial charge is 0.469 e. The summed E-state index contributed by atoms with van der Waals surface area (Å²) in [5, 5.41) is 9.54. The van der Waals surface area contributed by atoms with Crippen LogP contribution in [0.1, 0.15) is 29.4 Å². The molecule has 0 radical (unpaired) electrons. The summed E-state index contributed by atoms with van der Waals surface area (Å²) in [6.45, 7) is 0. The summed E-state index contributed by atoms with van der Waals surface area (Å²) in [6.07, 6.45) is -0.0300. The van der Waals surface area contributed by atoms with Gasteiger partial charge in [0.15, 0.2) is 11.6 Å². The third-order valence-corrected chi connectivity index (χ3v) is 3.69. The molecule has 0 saturated heterocycles. The van der Waals surface area contributed by atoms with Gasteiger partial charge in [0.2, 0.25) is 0 Å². The van der Waals surface area contributed by atoms with Crippen molar-refractivity contribution in [2.24, 2.45) is 0 Å². The fourth-order valence-electron chi connectivity index (χ4n) is 2.49. The lowest BCUT2D eigenvalue weighted by molar-refractivity contribution is -0.141. The lowest BCUT2D eigenvalue weighted by Gasteiger charge is -2.22. The highest BCUT2D eigenvalue weighted by molar-refractivity contribution is 5.70. The highest BCUT2D eigenvalue weighted by Crippen LogP contribution is 2.36. The van der Waals surface area contributed by atoms with Gasteiger partial charge in [-0.3, -0.25) is 4.79 Å². The first kappa shape index (κ1) is 16.6. The van der Waals surface area contributed by atoms with Crippen molar-refractivity contribution in [2.45, 2.75) is 18.3 Å². The van der Waals surface area contributed by atoms with Gasteiger partial charge in [0.05, 0.1) is 25.5 Å². The molecular weight excluding hydrogens is 300 g/mol. The minimum atomic E-state index is -1.02. The fourth-order valence-corrected chi connectivity index (χ4v) is 2.49. The Morgan fingerprint density at radius 3 is 2.39 bits per heavy atom. The number of esters is 1. The average molecular weight is 315 g/mol. The van der Waals surface area contributed by atoms with Gasteiger partial charge in [-0.1, -0.05) is 36.4 Å². The molecule has 0 N–H and O–H groups in total. The van der Waals surface area contributed by atoms with Gasteiger partial charge < -0.3 is 4.74 Å². The van der Waals surface area contributed by atoms with Crippen LogP contribution in [0.25, 0.3) is 0 Å². The van der Waals surface area contributed by atoms with Gasteiger partial charge in [0, 0.05) is 5.92 Å². The molecule has 0 bridgehead atoms. The van der Waals surface area contributed by atoms with Crippen LogP contribution in [0, 0.1) is 23.0 Å². The number of nitrogens with zero attached hydrogens (tertiary/aromatic N) is 1. The molecule has 2 unspecified atom stereocenters. The van der Waals surface area contributed by atoms with Gasteiger partial charge in [-0.25, -0.2) is 8.78 Å². The lowest BCUT2D eigenvalue weighted by atomic mass is 9.80. The predicted molar refractivity (Wildman–Crippen MR) is 80.5 cm³/mol. The number of carbonyl (C=O) groups is 1. The van der Waals surface area contributed by atoms with Gasteiger partial charge in [-0.05, 0) is 23.3 Å². The van der Waals surface area contributed by atoms with E-state index in [0.717, 1.165) is 17.7 Å². The molecule has 0 heterocycles. The Bertz CT molecular complexity index is 726.